The Morgan fingerprint density at radius 3 is 2.64 bits per heavy atom. The maximum absolute atomic E-state index is 13.3. The average Bonchev–Trinajstić information content (AvgIpc) is 3.18. The molecule has 1 unspecified atom stereocenters. The topological polar surface area (TPSA) is 44.8 Å². The second kappa shape index (κ2) is 7.59. The number of rotatable bonds is 3. The highest BCUT2D eigenvalue weighted by molar-refractivity contribution is 5.95. The van der Waals surface area contributed by atoms with E-state index in [1.807, 2.05) is 6.20 Å². The summed E-state index contributed by atoms with van der Waals surface area (Å²) >= 11 is 0. The number of anilines is 1. The van der Waals surface area contributed by atoms with E-state index in [1.54, 1.807) is 35.0 Å². The lowest BCUT2D eigenvalue weighted by Gasteiger charge is -2.32. The van der Waals surface area contributed by atoms with Gasteiger partial charge < -0.3 is 9.74 Å². The van der Waals surface area contributed by atoms with Gasteiger partial charge in [-0.25, -0.2) is 13.8 Å². The Labute approximate surface area is 162 Å². The molecule has 0 aromatic heterocycles. The minimum absolute atomic E-state index is 0.0522. The van der Waals surface area contributed by atoms with Crippen LogP contribution in [-0.4, -0.2) is 23.9 Å². The van der Waals surface area contributed by atoms with Gasteiger partial charge in [0, 0.05) is 24.6 Å². The van der Waals surface area contributed by atoms with Crippen LogP contribution in [0.1, 0.15) is 28.8 Å². The Kier molecular flexibility index (Phi) is 5.00. The highest BCUT2D eigenvalue weighted by Crippen LogP contribution is 2.29. The van der Waals surface area contributed by atoms with Crippen molar-refractivity contribution in [3.63, 3.8) is 0 Å². The van der Waals surface area contributed by atoms with Crippen LogP contribution in [-0.2, 0) is 4.84 Å². The molecule has 28 heavy (non-hydrogen) atoms. The number of hydrogen-bond donors (Lipinski definition) is 1. The van der Waals surface area contributed by atoms with Crippen molar-refractivity contribution in [2.75, 3.05) is 18.1 Å². The van der Waals surface area contributed by atoms with Crippen LogP contribution in [0.25, 0.3) is 0 Å². The zero-order valence-electron chi connectivity index (χ0n) is 15.5. The molecule has 0 spiro atoms. The fourth-order valence-corrected chi connectivity index (χ4v) is 3.63. The van der Waals surface area contributed by atoms with E-state index in [4.69, 9.17) is 4.84 Å². The number of aryl methyl sites for hydroxylation is 1. The first-order chi connectivity index (χ1) is 13.5. The van der Waals surface area contributed by atoms with Crippen LogP contribution in [0.15, 0.2) is 54.4 Å². The Hall–Kier alpha value is -2.93. The molecule has 1 fully saturated rings. The molecule has 146 valence electrons. The number of nitrogens with zero attached hydrogens (tertiary/aromatic N) is 2. The van der Waals surface area contributed by atoms with Crippen molar-refractivity contribution >= 4 is 11.6 Å². The van der Waals surface area contributed by atoms with Gasteiger partial charge >= 0.3 is 0 Å². The third-order valence-electron chi connectivity index (χ3n) is 5.15. The monoisotopic (exact) mass is 385 g/mol. The molecule has 1 saturated heterocycles. The first-order valence-corrected chi connectivity index (χ1v) is 9.26. The molecule has 5 nitrogen and oxygen atoms in total. The third kappa shape index (κ3) is 3.71. The standard InChI is InChI=1S/C21H21F2N3O2/c1-14-11-17(23)6-9-19(14)21(27)25-10-2-3-15(12-25)20-13-26(24-28-20)18-7-4-16(22)5-8-18/h4-9,11,13,15,24H,2-3,10,12H2,1H3. The Balaban J connectivity index is 1.47. The normalized spacial score (nSPS) is 19.4. The van der Waals surface area contributed by atoms with E-state index < -0.39 is 0 Å². The van der Waals surface area contributed by atoms with E-state index in [1.165, 1.54) is 24.3 Å². The lowest BCUT2D eigenvalue weighted by molar-refractivity contribution is 0.0577. The summed E-state index contributed by atoms with van der Waals surface area (Å²) in [5.74, 6) is 0.0471. The highest BCUT2D eigenvalue weighted by Gasteiger charge is 2.31. The molecular formula is C21H21F2N3O2. The number of carbonyl (C=O) groups is 1. The number of benzene rings is 2. The second-order valence-electron chi connectivity index (χ2n) is 7.12. The predicted octanol–water partition coefficient (Wildman–Crippen LogP) is 3.92. The average molecular weight is 385 g/mol. The van der Waals surface area contributed by atoms with Crippen molar-refractivity contribution in [2.24, 2.45) is 5.92 Å². The fourth-order valence-electron chi connectivity index (χ4n) is 3.63. The molecule has 2 aromatic rings. The van der Waals surface area contributed by atoms with Gasteiger partial charge in [0.2, 0.25) is 0 Å². The summed E-state index contributed by atoms with van der Waals surface area (Å²) in [5.41, 5.74) is 4.71. The lowest BCUT2D eigenvalue weighted by Crippen LogP contribution is -2.41. The summed E-state index contributed by atoms with van der Waals surface area (Å²) in [4.78, 5) is 20.3. The molecule has 4 rings (SSSR count). The second-order valence-corrected chi connectivity index (χ2v) is 7.12. The van der Waals surface area contributed by atoms with Crippen LogP contribution in [0.3, 0.4) is 0 Å². The Morgan fingerprint density at radius 2 is 1.89 bits per heavy atom. The quantitative estimate of drug-likeness (QED) is 0.870. The summed E-state index contributed by atoms with van der Waals surface area (Å²) in [6.07, 6.45) is 3.58. The van der Waals surface area contributed by atoms with Gasteiger partial charge in [0.1, 0.15) is 17.4 Å². The van der Waals surface area contributed by atoms with Gasteiger partial charge in [-0.05, 0) is 67.8 Å². The van der Waals surface area contributed by atoms with Crippen LogP contribution in [0, 0.1) is 24.5 Å². The van der Waals surface area contributed by atoms with Gasteiger partial charge in [-0.3, -0.25) is 4.79 Å². The van der Waals surface area contributed by atoms with Crippen molar-refractivity contribution in [1.29, 1.82) is 0 Å². The predicted molar refractivity (Wildman–Crippen MR) is 101 cm³/mol. The number of amides is 1. The Morgan fingerprint density at radius 1 is 1.14 bits per heavy atom. The largest absolute Gasteiger partial charge is 0.391 e. The van der Waals surface area contributed by atoms with E-state index in [-0.39, 0.29) is 23.5 Å². The number of likely N-dealkylation sites (tertiary alicyclic amines) is 1. The number of carbonyl (C=O) groups excluding carboxylic acids is 1. The molecule has 1 amide bonds. The summed E-state index contributed by atoms with van der Waals surface area (Å²) in [6.45, 7) is 2.93. The first kappa shape index (κ1) is 18.4. The summed E-state index contributed by atoms with van der Waals surface area (Å²) in [6, 6.07) is 10.3. The van der Waals surface area contributed by atoms with Crippen LogP contribution < -0.4 is 10.6 Å². The van der Waals surface area contributed by atoms with Gasteiger partial charge in [0.05, 0.1) is 11.9 Å². The van der Waals surface area contributed by atoms with E-state index >= 15 is 0 Å². The minimum Gasteiger partial charge on any atom is -0.391 e. The summed E-state index contributed by atoms with van der Waals surface area (Å²) in [7, 11) is 0. The molecule has 0 saturated carbocycles. The van der Waals surface area contributed by atoms with Crippen molar-refractivity contribution in [1.82, 2.24) is 10.5 Å². The van der Waals surface area contributed by atoms with Crippen molar-refractivity contribution in [2.45, 2.75) is 19.8 Å². The van der Waals surface area contributed by atoms with Gasteiger partial charge in [-0.15, -0.1) is 0 Å². The Bertz CT molecular complexity index is 914. The highest BCUT2D eigenvalue weighted by atomic mass is 19.1. The molecule has 0 bridgehead atoms. The number of hydrazine groups is 1. The van der Waals surface area contributed by atoms with Crippen molar-refractivity contribution in [3.8, 4) is 0 Å². The van der Waals surface area contributed by atoms with E-state index in [0.29, 0.717) is 24.2 Å². The molecular weight excluding hydrogens is 364 g/mol. The van der Waals surface area contributed by atoms with Crippen molar-refractivity contribution < 1.29 is 18.4 Å². The summed E-state index contributed by atoms with van der Waals surface area (Å²) < 4.78 is 26.4. The molecule has 2 aromatic carbocycles. The first-order valence-electron chi connectivity index (χ1n) is 9.26. The van der Waals surface area contributed by atoms with Gasteiger partial charge in [-0.2, -0.15) is 0 Å². The van der Waals surface area contributed by atoms with E-state index in [2.05, 4.69) is 5.59 Å². The van der Waals surface area contributed by atoms with E-state index in [0.717, 1.165) is 24.3 Å². The zero-order valence-corrected chi connectivity index (χ0v) is 15.5. The van der Waals surface area contributed by atoms with Gasteiger partial charge in [0.15, 0.2) is 0 Å². The zero-order chi connectivity index (χ0) is 19.7. The molecule has 1 N–H and O–H groups in total. The maximum atomic E-state index is 13.3. The molecule has 2 aliphatic rings. The van der Waals surface area contributed by atoms with Crippen LogP contribution in [0.4, 0.5) is 14.5 Å². The number of nitrogens with one attached hydrogen (secondary N) is 1. The van der Waals surface area contributed by atoms with Crippen LogP contribution in [0.5, 0.6) is 0 Å². The van der Waals surface area contributed by atoms with Gasteiger partial charge in [0.25, 0.3) is 5.91 Å². The molecule has 2 aliphatic heterocycles. The SMILES string of the molecule is Cc1cc(F)ccc1C(=O)N1CCCC(C2=CN(c3ccc(F)cc3)NO2)C1. The number of hydrogen-bond acceptors (Lipinski definition) is 4. The van der Waals surface area contributed by atoms with Gasteiger partial charge in [-0.1, -0.05) is 5.59 Å². The lowest BCUT2D eigenvalue weighted by atomic mass is 9.95. The molecule has 1 atom stereocenters. The molecule has 0 aliphatic carbocycles. The number of halogens is 2. The third-order valence-corrected chi connectivity index (χ3v) is 5.15. The smallest absolute Gasteiger partial charge is 0.254 e. The molecule has 7 heteroatoms. The minimum atomic E-state index is -0.345. The van der Waals surface area contributed by atoms with Crippen molar-refractivity contribution in [3.05, 3.63) is 77.2 Å². The molecule has 0 radical (unpaired) electrons. The fraction of sp³-hybridized carbons (Fsp3) is 0.286. The van der Waals surface area contributed by atoms with Crippen LogP contribution >= 0.6 is 0 Å². The van der Waals surface area contributed by atoms with Crippen LogP contribution in [0.2, 0.25) is 0 Å². The molecule has 2 heterocycles. The summed E-state index contributed by atoms with van der Waals surface area (Å²) in [5, 5.41) is 1.68. The van der Waals surface area contributed by atoms with E-state index in [9.17, 15) is 13.6 Å². The number of piperidine rings is 1. The maximum Gasteiger partial charge on any atom is 0.254 e.